The Bertz CT molecular complexity index is 901. The van der Waals surface area contributed by atoms with Gasteiger partial charge in [0.1, 0.15) is 16.7 Å². The van der Waals surface area contributed by atoms with E-state index < -0.39 is 5.82 Å². The molecule has 1 amide bonds. The molecular formula is C19H18FN3OS. The molecule has 128 valence electrons. The minimum absolute atomic E-state index is 0.154. The summed E-state index contributed by atoms with van der Waals surface area (Å²) in [5.74, 6) is 0.215. The zero-order chi connectivity index (χ0) is 17.6. The second-order valence-electron chi connectivity index (χ2n) is 5.53. The van der Waals surface area contributed by atoms with Gasteiger partial charge in [0.2, 0.25) is 5.91 Å². The maximum atomic E-state index is 13.6. The van der Waals surface area contributed by atoms with Crippen molar-refractivity contribution >= 4 is 34.3 Å². The summed E-state index contributed by atoms with van der Waals surface area (Å²) in [6.07, 6.45) is 1.75. The van der Waals surface area contributed by atoms with Gasteiger partial charge in [-0.3, -0.25) is 4.79 Å². The summed E-state index contributed by atoms with van der Waals surface area (Å²) in [6.45, 7) is 2.08. The number of aryl methyl sites for hydroxylation is 1. The first-order valence-electron chi connectivity index (χ1n) is 8.10. The molecule has 0 fully saturated rings. The number of hydrogen-bond acceptors (Lipinski definition) is 4. The van der Waals surface area contributed by atoms with Gasteiger partial charge in [0, 0.05) is 11.8 Å². The maximum Gasteiger partial charge on any atom is 0.234 e. The zero-order valence-electron chi connectivity index (χ0n) is 13.8. The third-order valence-corrected chi connectivity index (χ3v) is 4.57. The Balaban J connectivity index is 1.76. The number of anilines is 1. The predicted molar refractivity (Wildman–Crippen MR) is 99.3 cm³/mol. The van der Waals surface area contributed by atoms with Crippen molar-refractivity contribution in [1.82, 2.24) is 9.97 Å². The number of hydrogen-bond donors (Lipinski definition) is 1. The van der Waals surface area contributed by atoms with Gasteiger partial charge in [-0.1, -0.05) is 49.0 Å². The minimum Gasteiger partial charge on any atom is -0.323 e. The summed E-state index contributed by atoms with van der Waals surface area (Å²) in [5.41, 5.74) is 1.06. The number of rotatable bonds is 6. The molecule has 0 aliphatic rings. The molecular weight excluding hydrogens is 337 g/mol. The molecule has 1 aromatic heterocycles. The van der Waals surface area contributed by atoms with Gasteiger partial charge in [-0.15, -0.1) is 0 Å². The van der Waals surface area contributed by atoms with Crippen LogP contribution in [-0.2, 0) is 11.2 Å². The number of aromatic nitrogens is 2. The largest absolute Gasteiger partial charge is 0.323 e. The van der Waals surface area contributed by atoms with E-state index in [0.29, 0.717) is 0 Å². The van der Waals surface area contributed by atoms with Crippen molar-refractivity contribution in [3.63, 3.8) is 0 Å². The molecule has 0 unspecified atom stereocenters. The van der Waals surface area contributed by atoms with Crippen LogP contribution in [0.25, 0.3) is 10.9 Å². The van der Waals surface area contributed by atoms with Gasteiger partial charge >= 0.3 is 0 Å². The van der Waals surface area contributed by atoms with E-state index in [1.807, 2.05) is 24.3 Å². The Kier molecular flexibility index (Phi) is 5.60. The molecule has 0 aliphatic carbocycles. The topological polar surface area (TPSA) is 54.9 Å². The SMILES string of the molecule is CCCc1nc(SCC(=O)Nc2ccccc2F)c2ccccc2n1. The molecule has 1 heterocycles. The Morgan fingerprint density at radius 2 is 1.88 bits per heavy atom. The Hall–Kier alpha value is -2.47. The van der Waals surface area contributed by atoms with Gasteiger partial charge in [-0.2, -0.15) is 0 Å². The molecule has 0 radical (unpaired) electrons. The van der Waals surface area contributed by atoms with E-state index in [0.717, 1.165) is 34.6 Å². The molecule has 4 nitrogen and oxygen atoms in total. The summed E-state index contributed by atoms with van der Waals surface area (Å²) < 4.78 is 13.6. The van der Waals surface area contributed by atoms with Gasteiger partial charge < -0.3 is 5.32 Å². The summed E-state index contributed by atoms with van der Waals surface area (Å²) >= 11 is 1.34. The fourth-order valence-corrected chi connectivity index (χ4v) is 3.26. The van der Waals surface area contributed by atoms with Crippen molar-refractivity contribution in [2.45, 2.75) is 24.8 Å². The van der Waals surface area contributed by atoms with E-state index in [-0.39, 0.29) is 17.3 Å². The highest BCUT2D eigenvalue weighted by Crippen LogP contribution is 2.26. The number of fused-ring (bicyclic) bond motifs is 1. The number of carbonyl (C=O) groups is 1. The van der Waals surface area contributed by atoms with E-state index in [4.69, 9.17) is 0 Å². The summed E-state index contributed by atoms with van der Waals surface area (Å²) in [6, 6.07) is 13.9. The van der Waals surface area contributed by atoms with Gasteiger partial charge in [0.15, 0.2) is 0 Å². The predicted octanol–water partition coefficient (Wildman–Crippen LogP) is 4.45. The third-order valence-electron chi connectivity index (χ3n) is 3.58. The molecule has 0 saturated carbocycles. The highest BCUT2D eigenvalue weighted by atomic mass is 32.2. The van der Waals surface area contributed by atoms with Gasteiger partial charge in [0.25, 0.3) is 0 Å². The van der Waals surface area contributed by atoms with Crippen molar-refractivity contribution in [1.29, 1.82) is 0 Å². The number of nitrogens with zero attached hydrogens (tertiary/aromatic N) is 2. The fraction of sp³-hybridized carbons (Fsp3) is 0.211. The average Bonchev–Trinajstić information content (AvgIpc) is 2.62. The van der Waals surface area contributed by atoms with Crippen LogP contribution in [0.2, 0.25) is 0 Å². The van der Waals surface area contributed by atoms with Crippen LogP contribution in [0, 0.1) is 5.82 Å². The van der Waals surface area contributed by atoms with Gasteiger partial charge in [0.05, 0.1) is 17.0 Å². The Morgan fingerprint density at radius 3 is 2.68 bits per heavy atom. The number of halogens is 1. The van der Waals surface area contributed by atoms with E-state index >= 15 is 0 Å². The summed E-state index contributed by atoms with van der Waals surface area (Å²) in [5, 5.41) is 4.29. The molecule has 3 aromatic rings. The lowest BCUT2D eigenvalue weighted by molar-refractivity contribution is -0.113. The molecule has 0 bridgehead atoms. The smallest absolute Gasteiger partial charge is 0.234 e. The standard InChI is InChI=1S/C19H18FN3OS/c1-2-7-17-21-15-10-5-3-8-13(15)19(23-17)25-12-18(24)22-16-11-6-4-9-14(16)20/h3-6,8-11H,2,7,12H2,1H3,(H,22,24). The number of thioether (sulfide) groups is 1. The molecule has 0 aliphatic heterocycles. The maximum absolute atomic E-state index is 13.6. The van der Waals surface area contributed by atoms with Gasteiger partial charge in [-0.25, -0.2) is 14.4 Å². The monoisotopic (exact) mass is 355 g/mol. The molecule has 0 saturated heterocycles. The summed E-state index contributed by atoms with van der Waals surface area (Å²) in [4.78, 5) is 21.3. The molecule has 6 heteroatoms. The lowest BCUT2D eigenvalue weighted by atomic mass is 10.2. The Morgan fingerprint density at radius 1 is 1.12 bits per heavy atom. The van der Waals surface area contributed by atoms with Crippen LogP contribution >= 0.6 is 11.8 Å². The van der Waals surface area contributed by atoms with Crippen LogP contribution in [0.1, 0.15) is 19.2 Å². The number of para-hydroxylation sites is 2. The molecule has 25 heavy (non-hydrogen) atoms. The molecule has 1 N–H and O–H groups in total. The van der Waals surface area contributed by atoms with E-state index in [1.54, 1.807) is 12.1 Å². The molecule has 0 spiro atoms. The zero-order valence-corrected chi connectivity index (χ0v) is 14.6. The first-order valence-corrected chi connectivity index (χ1v) is 9.08. The minimum atomic E-state index is -0.446. The quantitative estimate of drug-likeness (QED) is 0.524. The normalized spacial score (nSPS) is 10.8. The lowest BCUT2D eigenvalue weighted by Gasteiger charge is -2.09. The van der Waals surface area contributed by atoms with Crippen molar-refractivity contribution in [2.75, 3.05) is 11.1 Å². The number of amides is 1. The molecule has 0 atom stereocenters. The fourth-order valence-electron chi connectivity index (χ4n) is 2.42. The van der Waals surface area contributed by atoms with Crippen LogP contribution in [-0.4, -0.2) is 21.6 Å². The molecule has 2 aromatic carbocycles. The molecule has 3 rings (SSSR count). The van der Waals surface area contributed by atoms with Crippen molar-refractivity contribution in [3.8, 4) is 0 Å². The summed E-state index contributed by atoms with van der Waals surface area (Å²) in [7, 11) is 0. The van der Waals surface area contributed by atoms with Crippen LogP contribution in [0.4, 0.5) is 10.1 Å². The highest BCUT2D eigenvalue weighted by molar-refractivity contribution is 8.00. The van der Waals surface area contributed by atoms with Crippen LogP contribution in [0.15, 0.2) is 53.6 Å². The van der Waals surface area contributed by atoms with Crippen molar-refractivity contribution < 1.29 is 9.18 Å². The Labute approximate surface area is 149 Å². The van der Waals surface area contributed by atoms with Crippen LogP contribution in [0.3, 0.4) is 0 Å². The van der Waals surface area contributed by atoms with E-state index in [2.05, 4.69) is 22.2 Å². The first kappa shape index (κ1) is 17.4. The van der Waals surface area contributed by atoms with Crippen molar-refractivity contribution in [2.24, 2.45) is 0 Å². The number of benzene rings is 2. The van der Waals surface area contributed by atoms with Crippen molar-refractivity contribution in [3.05, 3.63) is 60.2 Å². The van der Waals surface area contributed by atoms with Crippen LogP contribution in [0.5, 0.6) is 0 Å². The number of carbonyl (C=O) groups excluding carboxylic acids is 1. The third kappa shape index (κ3) is 4.33. The first-order chi connectivity index (χ1) is 12.2. The average molecular weight is 355 g/mol. The van der Waals surface area contributed by atoms with E-state index in [9.17, 15) is 9.18 Å². The lowest BCUT2D eigenvalue weighted by Crippen LogP contribution is -2.15. The number of nitrogens with one attached hydrogen (secondary N) is 1. The highest BCUT2D eigenvalue weighted by Gasteiger charge is 2.11. The van der Waals surface area contributed by atoms with E-state index in [1.165, 1.54) is 23.9 Å². The van der Waals surface area contributed by atoms with Crippen LogP contribution < -0.4 is 5.32 Å². The second-order valence-corrected chi connectivity index (χ2v) is 6.49. The van der Waals surface area contributed by atoms with Gasteiger partial charge in [-0.05, 0) is 24.6 Å². The second kappa shape index (κ2) is 8.07.